The average molecular weight is 270 g/mol. The molecule has 1 aliphatic carbocycles. The molecule has 0 spiro atoms. The third-order valence-electron chi connectivity index (χ3n) is 2.70. The fourth-order valence-corrected chi connectivity index (χ4v) is 3.25. The number of halogens is 1. The Morgan fingerprint density at radius 2 is 1.94 bits per heavy atom. The molecule has 1 rings (SSSR count). The quantitative estimate of drug-likeness (QED) is 0.587. The predicted molar refractivity (Wildman–Crippen MR) is 65.3 cm³/mol. The molecule has 6 heteroatoms. The lowest BCUT2D eigenvalue weighted by Crippen LogP contribution is -2.39. The van der Waals surface area contributed by atoms with E-state index in [1.807, 2.05) is 6.92 Å². The molecular weight excluding hydrogens is 250 g/mol. The highest BCUT2D eigenvalue weighted by Crippen LogP contribution is 2.23. The van der Waals surface area contributed by atoms with E-state index in [9.17, 15) is 8.42 Å². The third-order valence-corrected chi connectivity index (χ3v) is 4.54. The van der Waals surface area contributed by atoms with Crippen LogP contribution < -0.4 is 4.72 Å². The standard InChI is InChI=1S/C10H20ClNO3S/c1-2-15-7-8-16(13,14)12-10-5-3-9(11)4-6-10/h9-10,12H,2-8H2,1H3. The van der Waals surface area contributed by atoms with Gasteiger partial charge in [0, 0.05) is 18.0 Å². The van der Waals surface area contributed by atoms with Crippen LogP contribution in [0.4, 0.5) is 0 Å². The average Bonchev–Trinajstić information content (AvgIpc) is 2.21. The van der Waals surface area contributed by atoms with E-state index >= 15 is 0 Å². The molecule has 0 radical (unpaired) electrons. The van der Waals surface area contributed by atoms with E-state index in [0.29, 0.717) is 6.61 Å². The summed E-state index contributed by atoms with van der Waals surface area (Å²) in [6, 6.07) is 0.0571. The maximum Gasteiger partial charge on any atom is 0.214 e. The monoisotopic (exact) mass is 269 g/mol. The van der Waals surface area contributed by atoms with Crippen LogP contribution in [0.25, 0.3) is 0 Å². The molecule has 0 atom stereocenters. The van der Waals surface area contributed by atoms with Crippen molar-refractivity contribution in [1.29, 1.82) is 0 Å². The Labute approximate surface area is 103 Å². The Morgan fingerprint density at radius 1 is 1.31 bits per heavy atom. The summed E-state index contributed by atoms with van der Waals surface area (Å²) in [6.45, 7) is 2.66. The third kappa shape index (κ3) is 5.48. The van der Waals surface area contributed by atoms with E-state index in [1.165, 1.54) is 0 Å². The second-order valence-electron chi connectivity index (χ2n) is 4.08. The lowest BCUT2D eigenvalue weighted by molar-refractivity contribution is 0.163. The van der Waals surface area contributed by atoms with Crippen molar-refractivity contribution >= 4 is 21.6 Å². The number of hydrogen-bond acceptors (Lipinski definition) is 3. The summed E-state index contributed by atoms with van der Waals surface area (Å²) in [4.78, 5) is 0. The van der Waals surface area contributed by atoms with Crippen molar-refractivity contribution < 1.29 is 13.2 Å². The molecule has 0 unspecified atom stereocenters. The smallest absolute Gasteiger partial charge is 0.214 e. The van der Waals surface area contributed by atoms with Crippen LogP contribution in [0.1, 0.15) is 32.6 Å². The summed E-state index contributed by atoms with van der Waals surface area (Å²) in [7, 11) is -3.19. The first kappa shape index (κ1) is 14.2. The van der Waals surface area contributed by atoms with Gasteiger partial charge in [0.05, 0.1) is 12.4 Å². The summed E-state index contributed by atoms with van der Waals surface area (Å²) >= 11 is 5.96. The van der Waals surface area contributed by atoms with Crippen LogP contribution in [0.3, 0.4) is 0 Å². The van der Waals surface area contributed by atoms with Gasteiger partial charge in [-0.15, -0.1) is 11.6 Å². The lowest BCUT2D eigenvalue weighted by atomic mass is 9.96. The van der Waals surface area contributed by atoms with Crippen molar-refractivity contribution in [2.24, 2.45) is 0 Å². The van der Waals surface area contributed by atoms with Gasteiger partial charge in [-0.05, 0) is 32.6 Å². The molecule has 1 N–H and O–H groups in total. The second-order valence-corrected chi connectivity index (χ2v) is 6.57. The van der Waals surface area contributed by atoms with Crippen LogP contribution in [0.2, 0.25) is 0 Å². The van der Waals surface area contributed by atoms with Gasteiger partial charge in [0.15, 0.2) is 0 Å². The molecule has 0 aromatic carbocycles. The molecule has 1 fully saturated rings. The van der Waals surface area contributed by atoms with Gasteiger partial charge in [0.1, 0.15) is 0 Å². The summed E-state index contributed by atoms with van der Waals surface area (Å²) in [6.07, 6.45) is 3.45. The van der Waals surface area contributed by atoms with Crippen LogP contribution in [-0.4, -0.2) is 38.8 Å². The van der Waals surface area contributed by atoms with Gasteiger partial charge in [-0.3, -0.25) is 0 Å². The van der Waals surface area contributed by atoms with E-state index in [1.54, 1.807) is 0 Å². The topological polar surface area (TPSA) is 55.4 Å². The van der Waals surface area contributed by atoms with Gasteiger partial charge < -0.3 is 4.74 Å². The number of ether oxygens (including phenoxy) is 1. The molecule has 16 heavy (non-hydrogen) atoms. The molecule has 4 nitrogen and oxygen atoms in total. The van der Waals surface area contributed by atoms with E-state index in [2.05, 4.69) is 4.72 Å². The zero-order valence-electron chi connectivity index (χ0n) is 9.62. The summed E-state index contributed by atoms with van der Waals surface area (Å²) in [5, 5.41) is 0.212. The maximum atomic E-state index is 11.6. The number of nitrogens with one attached hydrogen (secondary N) is 1. The minimum Gasteiger partial charge on any atom is -0.381 e. The van der Waals surface area contributed by atoms with E-state index < -0.39 is 10.0 Å². The highest BCUT2D eigenvalue weighted by molar-refractivity contribution is 7.89. The zero-order valence-corrected chi connectivity index (χ0v) is 11.2. The first-order valence-electron chi connectivity index (χ1n) is 5.75. The fraction of sp³-hybridized carbons (Fsp3) is 1.00. The summed E-state index contributed by atoms with van der Waals surface area (Å²) in [5.41, 5.74) is 0. The molecule has 0 bridgehead atoms. The fourth-order valence-electron chi connectivity index (χ4n) is 1.80. The maximum absolute atomic E-state index is 11.6. The lowest BCUT2D eigenvalue weighted by Gasteiger charge is -2.25. The second kappa shape index (κ2) is 6.79. The van der Waals surface area contributed by atoms with Crippen LogP contribution in [0, 0.1) is 0 Å². The molecule has 0 heterocycles. The van der Waals surface area contributed by atoms with Gasteiger partial charge in [0.25, 0.3) is 0 Å². The molecule has 0 aliphatic heterocycles. The van der Waals surface area contributed by atoms with Crippen molar-refractivity contribution in [2.75, 3.05) is 19.0 Å². The van der Waals surface area contributed by atoms with Crippen LogP contribution in [-0.2, 0) is 14.8 Å². The predicted octanol–water partition coefficient (Wildman–Crippen LogP) is 1.49. The SMILES string of the molecule is CCOCCS(=O)(=O)NC1CCC(Cl)CC1. The van der Waals surface area contributed by atoms with Crippen molar-refractivity contribution in [3.63, 3.8) is 0 Å². The Kier molecular flexibility index (Phi) is 6.03. The number of hydrogen-bond donors (Lipinski definition) is 1. The van der Waals surface area contributed by atoms with Crippen LogP contribution >= 0.6 is 11.6 Å². The van der Waals surface area contributed by atoms with Crippen molar-refractivity contribution in [3.05, 3.63) is 0 Å². The summed E-state index contributed by atoms with van der Waals surface area (Å²) in [5.74, 6) is 0.0433. The molecule has 0 aromatic heterocycles. The Morgan fingerprint density at radius 3 is 2.50 bits per heavy atom. The van der Waals surface area contributed by atoms with E-state index in [0.717, 1.165) is 25.7 Å². The van der Waals surface area contributed by atoms with Crippen molar-refractivity contribution in [2.45, 2.75) is 44.0 Å². The molecule has 1 saturated carbocycles. The normalized spacial score (nSPS) is 26.9. The zero-order chi connectivity index (χ0) is 12.0. The number of rotatable bonds is 6. The van der Waals surface area contributed by atoms with Gasteiger partial charge in [0.2, 0.25) is 10.0 Å². The molecule has 0 saturated heterocycles. The largest absolute Gasteiger partial charge is 0.381 e. The Balaban J connectivity index is 2.29. The minimum absolute atomic E-state index is 0.0433. The summed E-state index contributed by atoms with van der Waals surface area (Å²) < 4.78 is 31.0. The van der Waals surface area contributed by atoms with Crippen LogP contribution in [0.5, 0.6) is 0 Å². The van der Waals surface area contributed by atoms with Gasteiger partial charge in [-0.2, -0.15) is 0 Å². The van der Waals surface area contributed by atoms with Gasteiger partial charge >= 0.3 is 0 Å². The van der Waals surface area contributed by atoms with Gasteiger partial charge in [-0.1, -0.05) is 0 Å². The molecule has 1 aliphatic rings. The highest BCUT2D eigenvalue weighted by Gasteiger charge is 2.23. The van der Waals surface area contributed by atoms with Crippen molar-refractivity contribution in [3.8, 4) is 0 Å². The number of sulfonamides is 1. The first-order chi connectivity index (χ1) is 7.53. The molecule has 96 valence electrons. The Hall–Kier alpha value is 0.160. The molecule has 0 aromatic rings. The van der Waals surface area contributed by atoms with E-state index in [-0.39, 0.29) is 23.8 Å². The van der Waals surface area contributed by atoms with E-state index in [4.69, 9.17) is 16.3 Å². The number of alkyl halides is 1. The minimum atomic E-state index is -3.19. The first-order valence-corrected chi connectivity index (χ1v) is 7.84. The molecular formula is C10H20ClNO3S. The highest BCUT2D eigenvalue weighted by atomic mass is 35.5. The van der Waals surface area contributed by atoms with Gasteiger partial charge in [-0.25, -0.2) is 13.1 Å². The van der Waals surface area contributed by atoms with Crippen molar-refractivity contribution in [1.82, 2.24) is 4.72 Å². The molecule has 0 amide bonds. The van der Waals surface area contributed by atoms with Crippen LogP contribution in [0.15, 0.2) is 0 Å². The Bertz CT molecular complexity index is 286.